The fourth-order valence-corrected chi connectivity index (χ4v) is 7.11. The lowest BCUT2D eigenvalue weighted by molar-refractivity contribution is 0.130. The van der Waals surface area contributed by atoms with E-state index >= 15 is 0 Å². The molecule has 2 aromatic carbocycles. The molecule has 0 amide bonds. The van der Waals surface area contributed by atoms with Crippen molar-refractivity contribution in [2.45, 2.75) is 47.4 Å². The first-order valence-electron chi connectivity index (χ1n) is 10.2. The highest BCUT2D eigenvalue weighted by Crippen LogP contribution is 2.39. The van der Waals surface area contributed by atoms with E-state index in [-0.39, 0.29) is 4.90 Å². The van der Waals surface area contributed by atoms with Crippen LogP contribution in [0.1, 0.15) is 32.3 Å². The maximum Gasteiger partial charge on any atom is 0.244 e. The lowest BCUT2D eigenvalue weighted by Crippen LogP contribution is -2.51. The van der Waals surface area contributed by atoms with Crippen molar-refractivity contribution in [1.29, 1.82) is 5.26 Å². The van der Waals surface area contributed by atoms with Crippen molar-refractivity contribution in [3.63, 3.8) is 0 Å². The van der Waals surface area contributed by atoms with Crippen LogP contribution in [0.5, 0.6) is 0 Å². The average molecular weight is 499 g/mol. The third-order valence-corrected chi connectivity index (χ3v) is 9.41. The Morgan fingerprint density at radius 3 is 2.32 bits per heavy atom. The summed E-state index contributed by atoms with van der Waals surface area (Å²) in [4.78, 5) is 3.67. The topological polar surface area (TPSA) is 64.4 Å². The number of sulfonamides is 1. The average Bonchev–Trinajstić information content (AvgIpc) is 2.77. The van der Waals surface area contributed by atoms with Gasteiger partial charge in [0.2, 0.25) is 10.0 Å². The Bertz CT molecular complexity index is 1070. The molecule has 1 saturated heterocycles. The van der Waals surface area contributed by atoms with Crippen LogP contribution in [0.25, 0.3) is 0 Å². The van der Waals surface area contributed by atoms with Gasteiger partial charge in [-0.3, -0.25) is 4.90 Å². The molecule has 31 heavy (non-hydrogen) atoms. The molecular weight excluding hydrogens is 473 g/mol. The Balaban J connectivity index is 1.92. The summed E-state index contributed by atoms with van der Waals surface area (Å²) in [6, 6.07) is 12.3. The molecule has 0 aromatic heterocycles. The first-order valence-corrected chi connectivity index (χ1v) is 13.2. The van der Waals surface area contributed by atoms with Crippen LogP contribution in [-0.4, -0.2) is 49.8 Å². The molecule has 166 valence electrons. The minimum absolute atomic E-state index is 0.128. The van der Waals surface area contributed by atoms with E-state index in [2.05, 4.69) is 18.7 Å². The highest BCUT2D eigenvalue weighted by molar-refractivity contribution is 8.00. The number of rotatable bonds is 7. The van der Waals surface area contributed by atoms with Gasteiger partial charge in [0.05, 0.1) is 21.6 Å². The Hall–Kier alpha value is -1.27. The minimum atomic E-state index is -3.77. The zero-order valence-corrected chi connectivity index (χ0v) is 20.7. The van der Waals surface area contributed by atoms with E-state index in [9.17, 15) is 13.7 Å². The third-order valence-electron chi connectivity index (χ3n) is 5.54. The van der Waals surface area contributed by atoms with E-state index in [1.165, 1.54) is 22.1 Å². The summed E-state index contributed by atoms with van der Waals surface area (Å²) >= 11 is 13.6. The van der Waals surface area contributed by atoms with E-state index in [0.717, 1.165) is 12.8 Å². The molecule has 0 N–H and O–H groups in total. The van der Waals surface area contributed by atoms with E-state index < -0.39 is 10.0 Å². The van der Waals surface area contributed by atoms with Crippen molar-refractivity contribution in [3.8, 4) is 6.07 Å². The number of nitrogens with zero attached hydrogens (tertiary/aromatic N) is 3. The molecule has 1 fully saturated rings. The predicted molar refractivity (Wildman–Crippen MR) is 126 cm³/mol. The second-order valence-corrected chi connectivity index (χ2v) is 11.2. The van der Waals surface area contributed by atoms with E-state index in [4.69, 9.17) is 23.2 Å². The highest BCUT2D eigenvalue weighted by Gasteiger charge is 2.32. The molecule has 2 aromatic rings. The van der Waals surface area contributed by atoms with Crippen LogP contribution in [0.4, 0.5) is 0 Å². The number of nitriles is 1. The van der Waals surface area contributed by atoms with Crippen molar-refractivity contribution in [2.24, 2.45) is 0 Å². The SMILES string of the molecule is CCC(CC)N1CCN(S(=O)(=O)c2cc(C#N)ccc2Sc2cc(Cl)ccc2Cl)CC1. The predicted octanol–water partition coefficient (Wildman–Crippen LogP) is 5.51. The molecule has 1 aliphatic rings. The van der Waals surface area contributed by atoms with Gasteiger partial charge < -0.3 is 0 Å². The van der Waals surface area contributed by atoms with Crippen LogP contribution < -0.4 is 0 Å². The van der Waals surface area contributed by atoms with Crippen LogP contribution in [-0.2, 0) is 10.0 Å². The van der Waals surface area contributed by atoms with Gasteiger partial charge in [0.25, 0.3) is 0 Å². The van der Waals surface area contributed by atoms with Crippen molar-refractivity contribution < 1.29 is 8.42 Å². The Morgan fingerprint density at radius 2 is 1.71 bits per heavy atom. The second kappa shape index (κ2) is 10.6. The smallest absolute Gasteiger partial charge is 0.244 e. The van der Waals surface area contributed by atoms with Crippen LogP contribution in [0.3, 0.4) is 0 Å². The van der Waals surface area contributed by atoms with E-state index in [1.54, 1.807) is 30.3 Å². The lowest BCUT2D eigenvalue weighted by Gasteiger charge is -2.38. The molecule has 3 rings (SSSR count). The van der Waals surface area contributed by atoms with Gasteiger partial charge in [-0.2, -0.15) is 9.57 Å². The molecule has 0 saturated carbocycles. The van der Waals surface area contributed by atoms with Gasteiger partial charge in [0.1, 0.15) is 0 Å². The van der Waals surface area contributed by atoms with Crippen molar-refractivity contribution >= 4 is 45.0 Å². The molecule has 1 heterocycles. The van der Waals surface area contributed by atoms with Gasteiger partial charge in [-0.1, -0.05) is 48.8 Å². The van der Waals surface area contributed by atoms with Crippen LogP contribution in [0.2, 0.25) is 10.0 Å². The quantitative estimate of drug-likeness (QED) is 0.504. The van der Waals surface area contributed by atoms with Gasteiger partial charge in [0.15, 0.2) is 0 Å². The van der Waals surface area contributed by atoms with Crippen molar-refractivity contribution in [1.82, 2.24) is 9.21 Å². The number of piperazine rings is 1. The molecule has 0 atom stereocenters. The standard InChI is InChI=1S/C22H25Cl2N3O2S2/c1-3-18(4-2)26-9-11-27(12-10-26)31(28,29)22-13-16(15-25)5-8-20(22)30-21-14-17(23)6-7-19(21)24/h5-8,13-14,18H,3-4,9-12H2,1-2H3. The minimum Gasteiger partial charge on any atom is -0.298 e. The number of hydrogen-bond acceptors (Lipinski definition) is 5. The number of benzene rings is 2. The molecule has 0 spiro atoms. The molecule has 5 nitrogen and oxygen atoms in total. The van der Waals surface area contributed by atoms with Crippen molar-refractivity contribution in [3.05, 3.63) is 52.0 Å². The normalized spacial score (nSPS) is 15.9. The summed E-state index contributed by atoms with van der Waals surface area (Å²) in [5.41, 5.74) is 0.302. The summed E-state index contributed by atoms with van der Waals surface area (Å²) < 4.78 is 28.6. The molecule has 9 heteroatoms. The van der Waals surface area contributed by atoms with Gasteiger partial charge in [0, 0.05) is 47.0 Å². The lowest BCUT2D eigenvalue weighted by atomic mass is 10.1. The highest BCUT2D eigenvalue weighted by atomic mass is 35.5. The fourth-order valence-electron chi connectivity index (χ4n) is 3.79. The second-order valence-electron chi connectivity index (χ2n) is 7.36. The monoisotopic (exact) mass is 497 g/mol. The van der Waals surface area contributed by atoms with Crippen LogP contribution >= 0.6 is 35.0 Å². The first-order chi connectivity index (χ1) is 14.8. The summed E-state index contributed by atoms with van der Waals surface area (Å²) in [6.07, 6.45) is 2.10. The van der Waals surface area contributed by atoms with E-state index in [0.29, 0.717) is 57.6 Å². The van der Waals surface area contributed by atoms with Gasteiger partial charge in [-0.15, -0.1) is 0 Å². The number of hydrogen-bond donors (Lipinski definition) is 0. The first kappa shape index (κ1) is 24.4. The largest absolute Gasteiger partial charge is 0.298 e. The molecule has 1 aliphatic heterocycles. The van der Waals surface area contributed by atoms with Gasteiger partial charge in [-0.05, 0) is 49.2 Å². The summed E-state index contributed by atoms with van der Waals surface area (Å²) in [5.74, 6) is 0. The molecule has 0 bridgehead atoms. The van der Waals surface area contributed by atoms with Crippen molar-refractivity contribution in [2.75, 3.05) is 26.2 Å². The molecular formula is C22H25Cl2N3O2S2. The Kier molecular flexibility index (Phi) is 8.31. The summed E-state index contributed by atoms with van der Waals surface area (Å²) in [5, 5.41) is 10.3. The van der Waals surface area contributed by atoms with Gasteiger partial charge in [-0.25, -0.2) is 8.42 Å². The maximum atomic E-state index is 13.6. The Morgan fingerprint density at radius 1 is 1.03 bits per heavy atom. The zero-order chi connectivity index (χ0) is 22.6. The summed E-state index contributed by atoms with van der Waals surface area (Å²) in [6.45, 7) is 6.58. The maximum absolute atomic E-state index is 13.6. The molecule has 0 unspecified atom stereocenters. The molecule has 0 radical (unpaired) electrons. The molecule has 0 aliphatic carbocycles. The number of halogens is 2. The van der Waals surface area contributed by atoms with Crippen LogP contribution in [0.15, 0.2) is 51.1 Å². The van der Waals surface area contributed by atoms with Gasteiger partial charge >= 0.3 is 0 Å². The summed E-state index contributed by atoms with van der Waals surface area (Å²) in [7, 11) is -3.77. The van der Waals surface area contributed by atoms with E-state index in [1.807, 2.05) is 6.07 Å². The third kappa shape index (κ3) is 5.57. The fraction of sp³-hybridized carbons (Fsp3) is 0.409. The Labute approximate surface area is 199 Å². The zero-order valence-electron chi connectivity index (χ0n) is 17.5. The van der Waals surface area contributed by atoms with Crippen LogP contribution in [0, 0.1) is 11.3 Å².